The molecule has 5 nitrogen and oxygen atoms in total. The number of carboxylic acids is 1. The molecule has 2 atom stereocenters. The van der Waals surface area contributed by atoms with Crippen LogP contribution in [0.4, 0.5) is 0 Å². The summed E-state index contributed by atoms with van der Waals surface area (Å²) in [5.41, 5.74) is -0.0641. The van der Waals surface area contributed by atoms with Gasteiger partial charge in [0.05, 0.1) is 19.3 Å². The molecule has 5 heteroatoms. The molecule has 1 aliphatic heterocycles. The maximum Gasteiger partial charge on any atom is 0.311 e. The van der Waals surface area contributed by atoms with Crippen LogP contribution < -0.4 is 0 Å². The van der Waals surface area contributed by atoms with E-state index < -0.39 is 11.9 Å². The molecule has 0 aromatic heterocycles. The predicted molar refractivity (Wildman–Crippen MR) is 74.2 cm³/mol. The maximum atomic E-state index is 12.8. The van der Waals surface area contributed by atoms with E-state index in [-0.39, 0.29) is 35.3 Å². The predicted octanol–water partition coefficient (Wildman–Crippen LogP) is 1.62. The highest BCUT2D eigenvalue weighted by atomic mass is 16.5. The molecule has 0 aromatic rings. The molecule has 20 heavy (non-hydrogen) atoms. The molecule has 1 saturated heterocycles. The van der Waals surface area contributed by atoms with E-state index >= 15 is 0 Å². The number of carbonyl (C=O) groups is 2. The smallest absolute Gasteiger partial charge is 0.311 e. The summed E-state index contributed by atoms with van der Waals surface area (Å²) >= 11 is 0. The molecule has 0 bridgehead atoms. The largest absolute Gasteiger partial charge is 0.481 e. The fourth-order valence-corrected chi connectivity index (χ4v) is 3.62. The van der Waals surface area contributed by atoms with Crippen molar-refractivity contribution in [1.82, 2.24) is 4.90 Å². The van der Waals surface area contributed by atoms with E-state index in [1.54, 1.807) is 4.90 Å². The summed E-state index contributed by atoms with van der Waals surface area (Å²) in [6, 6.07) is -0.336. The van der Waals surface area contributed by atoms with Gasteiger partial charge in [-0.1, -0.05) is 27.7 Å². The lowest BCUT2D eigenvalue weighted by Gasteiger charge is -2.30. The Balaban J connectivity index is 2.17. The molecule has 1 aliphatic carbocycles. The van der Waals surface area contributed by atoms with Crippen LogP contribution in [0.1, 0.15) is 34.6 Å². The van der Waals surface area contributed by atoms with Crippen molar-refractivity contribution in [3.63, 3.8) is 0 Å². The number of nitrogens with zero attached hydrogens (tertiary/aromatic N) is 1. The van der Waals surface area contributed by atoms with Crippen LogP contribution in [0, 0.1) is 22.7 Å². The quantitative estimate of drug-likeness (QED) is 0.851. The molecule has 1 amide bonds. The Morgan fingerprint density at radius 2 is 1.75 bits per heavy atom. The van der Waals surface area contributed by atoms with E-state index in [0.29, 0.717) is 13.2 Å². The van der Waals surface area contributed by atoms with Gasteiger partial charge in [-0.15, -0.1) is 0 Å². The summed E-state index contributed by atoms with van der Waals surface area (Å²) in [6.45, 7) is 11.3. The molecule has 0 spiro atoms. The van der Waals surface area contributed by atoms with Crippen molar-refractivity contribution in [2.75, 3.05) is 19.8 Å². The van der Waals surface area contributed by atoms with Crippen LogP contribution in [-0.4, -0.2) is 47.7 Å². The number of hydrogen-bond donors (Lipinski definition) is 1. The van der Waals surface area contributed by atoms with Gasteiger partial charge < -0.3 is 14.7 Å². The van der Waals surface area contributed by atoms with E-state index in [1.807, 2.05) is 6.92 Å². The molecular formula is C15H25NO4. The van der Waals surface area contributed by atoms with Gasteiger partial charge in [0.25, 0.3) is 0 Å². The number of aliphatic carboxylic acids is 1. The second-order valence-electron chi connectivity index (χ2n) is 7.05. The number of amides is 1. The van der Waals surface area contributed by atoms with Crippen LogP contribution in [0.3, 0.4) is 0 Å². The minimum absolute atomic E-state index is 0.0321. The Hall–Kier alpha value is -1.10. The van der Waals surface area contributed by atoms with Gasteiger partial charge in [-0.25, -0.2) is 0 Å². The number of carboxylic acid groups (broad SMARTS) is 1. The molecule has 2 unspecified atom stereocenters. The van der Waals surface area contributed by atoms with Gasteiger partial charge in [0, 0.05) is 12.5 Å². The van der Waals surface area contributed by atoms with Crippen molar-refractivity contribution >= 4 is 11.9 Å². The molecule has 0 aromatic carbocycles. The van der Waals surface area contributed by atoms with Gasteiger partial charge in [-0.05, 0) is 17.8 Å². The lowest BCUT2D eigenvalue weighted by molar-refractivity contribution is -0.145. The van der Waals surface area contributed by atoms with E-state index in [0.717, 1.165) is 0 Å². The fourth-order valence-electron chi connectivity index (χ4n) is 3.62. The number of likely N-dealkylation sites (N-methyl/N-ethyl adjacent to an activating group) is 1. The van der Waals surface area contributed by atoms with Crippen molar-refractivity contribution in [3.8, 4) is 0 Å². The molecule has 2 rings (SSSR count). The van der Waals surface area contributed by atoms with Crippen LogP contribution in [0.5, 0.6) is 0 Å². The van der Waals surface area contributed by atoms with Crippen molar-refractivity contribution < 1.29 is 19.4 Å². The minimum atomic E-state index is -0.881. The highest BCUT2D eigenvalue weighted by molar-refractivity contribution is 5.85. The van der Waals surface area contributed by atoms with Crippen LogP contribution in [0.15, 0.2) is 0 Å². The van der Waals surface area contributed by atoms with Crippen LogP contribution >= 0.6 is 0 Å². The number of carbonyl (C=O) groups excluding carboxylic acids is 1. The summed E-state index contributed by atoms with van der Waals surface area (Å²) in [5, 5.41) is 9.25. The normalized spacial score (nSPS) is 31.1. The molecule has 0 radical (unpaired) electrons. The summed E-state index contributed by atoms with van der Waals surface area (Å²) in [4.78, 5) is 25.8. The van der Waals surface area contributed by atoms with E-state index in [9.17, 15) is 14.7 Å². The van der Waals surface area contributed by atoms with Gasteiger partial charge in [0.15, 0.2) is 0 Å². The zero-order chi connectivity index (χ0) is 15.3. The van der Waals surface area contributed by atoms with Crippen LogP contribution in [-0.2, 0) is 14.3 Å². The first-order valence-corrected chi connectivity index (χ1v) is 7.27. The standard InChI is InChI=1S/C15H25NO4/c1-6-16(10-8-20-7-9(10)13(18)19)12(17)11-14(2,3)15(11,4)5/h9-11H,6-8H2,1-5H3,(H,18,19). The Kier molecular flexibility index (Phi) is 3.61. The third-order valence-electron chi connectivity index (χ3n) is 5.66. The van der Waals surface area contributed by atoms with Gasteiger partial charge in [0.2, 0.25) is 5.91 Å². The van der Waals surface area contributed by atoms with Gasteiger partial charge in [-0.2, -0.15) is 0 Å². The van der Waals surface area contributed by atoms with E-state index in [4.69, 9.17) is 4.74 Å². The lowest BCUT2D eigenvalue weighted by atomic mass is 10.0. The molecule has 2 aliphatic rings. The summed E-state index contributed by atoms with van der Waals surface area (Å²) in [6.07, 6.45) is 0. The monoisotopic (exact) mass is 283 g/mol. The molecule has 1 saturated carbocycles. The summed E-state index contributed by atoms with van der Waals surface area (Å²) < 4.78 is 5.29. The maximum absolute atomic E-state index is 12.8. The second-order valence-corrected chi connectivity index (χ2v) is 7.05. The van der Waals surface area contributed by atoms with Gasteiger partial charge in [0.1, 0.15) is 5.92 Å². The summed E-state index contributed by atoms with van der Waals surface area (Å²) in [7, 11) is 0. The van der Waals surface area contributed by atoms with Crippen molar-refractivity contribution in [1.29, 1.82) is 0 Å². The van der Waals surface area contributed by atoms with E-state index in [1.165, 1.54) is 0 Å². The average molecular weight is 283 g/mol. The topological polar surface area (TPSA) is 66.8 Å². The average Bonchev–Trinajstić information content (AvgIpc) is 2.70. The zero-order valence-corrected chi connectivity index (χ0v) is 13.0. The highest BCUT2D eigenvalue weighted by Crippen LogP contribution is 2.68. The first kappa shape index (κ1) is 15.3. The third-order valence-corrected chi connectivity index (χ3v) is 5.66. The lowest BCUT2D eigenvalue weighted by Crippen LogP contribution is -2.47. The first-order chi connectivity index (χ1) is 9.16. The Morgan fingerprint density at radius 3 is 2.15 bits per heavy atom. The number of rotatable bonds is 4. The van der Waals surface area contributed by atoms with E-state index in [2.05, 4.69) is 27.7 Å². The zero-order valence-electron chi connectivity index (χ0n) is 13.0. The Morgan fingerprint density at radius 1 is 1.20 bits per heavy atom. The molecular weight excluding hydrogens is 258 g/mol. The Labute approximate surface area is 120 Å². The molecule has 1 heterocycles. The van der Waals surface area contributed by atoms with Crippen molar-refractivity contribution in [2.45, 2.75) is 40.7 Å². The van der Waals surface area contributed by atoms with Crippen LogP contribution in [0.2, 0.25) is 0 Å². The van der Waals surface area contributed by atoms with Gasteiger partial charge >= 0.3 is 5.97 Å². The third kappa shape index (κ3) is 2.03. The Bertz CT molecular complexity index is 416. The minimum Gasteiger partial charge on any atom is -0.481 e. The SMILES string of the molecule is CCN(C(=O)C1C(C)(C)C1(C)C)C1COCC1C(=O)O. The van der Waals surface area contributed by atoms with Crippen molar-refractivity contribution in [3.05, 3.63) is 0 Å². The first-order valence-electron chi connectivity index (χ1n) is 7.27. The van der Waals surface area contributed by atoms with Crippen LogP contribution in [0.25, 0.3) is 0 Å². The number of hydrogen-bond acceptors (Lipinski definition) is 3. The molecule has 1 N–H and O–H groups in total. The molecule has 114 valence electrons. The fraction of sp³-hybridized carbons (Fsp3) is 0.867. The summed E-state index contributed by atoms with van der Waals surface area (Å²) in [5.74, 6) is -1.45. The number of ether oxygens (including phenoxy) is 1. The van der Waals surface area contributed by atoms with Gasteiger partial charge in [-0.3, -0.25) is 9.59 Å². The van der Waals surface area contributed by atoms with Crippen molar-refractivity contribution in [2.24, 2.45) is 22.7 Å². The highest BCUT2D eigenvalue weighted by Gasteiger charge is 2.69. The molecule has 2 fully saturated rings. The second kappa shape index (κ2) is 4.72.